The Bertz CT molecular complexity index is 493. The van der Waals surface area contributed by atoms with Crippen LogP contribution in [0.4, 0.5) is 20.3 Å². The zero-order valence-electron chi connectivity index (χ0n) is 9.22. The number of alkyl halides is 2. The molecule has 0 radical (unpaired) electrons. The van der Waals surface area contributed by atoms with Crippen molar-refractivity contribution >= 4 is 17.5 Å². The van der Waals surface area contributed by atoms with Crippen LogP contribution in [0, 0.1) is 10.1 Å². The van der Waals surface area contributed by atoms with Gasteiger partial charge < -0.3 is 10.5 Å². The van der Waals surface area contributed by atoms with Crippen LogP contribution in [-0.4, -0.2) is 22.5 Å². The molecular weight excluding hydrogens is 252 g/mol. The molecule has 0 amide bonds. The third-order valence-electron chi connectivity index (χ3n) is 1.95. The third-order valence-corrected chi connectivity index (χ3v) is 1.95. The molecule has 1 aromatic rings. The summed E-state index contributed by atoms with van der Waals surface area (Å²) in [5, 5.41) is 10.6. The van der Waals surface area contributed by atoms with E-state index in [-0.39, 0.29) is 6.61 Å². The van der Waals surface area contributed by atoms with Crippen LogP contribution in [0.2, 0.25) is 0 Å². The van der Waals surface area contributed by atoms with Gasteiger partial charge in [0.1, 0.15) is 5.56 Å². The summed E-state index contributed by atoms with van der Waals surface area (Å²) < 4.78 is 29.9. The van der Waals surface area contributed by atoms with Gasteiger partial charge in [-0.1, -0.05) is 0 Å². The molecule has 1 rings (SSSR count). The molecule has 0 unspecified atom stereocenters. The monoisotopic (exact) mass is 261 g/mol. The smallest absolute Gasteiger partial charge is 0.357 e. The Labute approximate surface area is 99.7 Å². The molecule has 7 nitrogen and oxygen atoms in total. The fraction of sp³-hybridized carbons (Fsp3) is 0.333. The van der Waals surface area contributed by atoms with E-state index in [0.29, 0.717) is 6.07 Å². The van der Waals surface area contributed by atoms with Crippen LogP contribution >= 0.6 is 0 Å². The molecule has 9 heteroatoms. The van der Waals surface area contributed by atoms with Gasteiger partial charge in [-0.3, -0.25) is 10.1 Å². The molecule has 98 valence electrons. The minimum absolute atomic E-state index is 0.0153. The number of nitrogen functional groups attached to an aromatic ring is 1. The molecule has 0 aliphatic rings. The van der Waals surface area contributed by atoms with Crippen molar-refractivity contribution in [1.82, 2.24) is 4.98 Å². The van der Waals surface area contributed by atoms with Crippen molar-refractivity contribution in [3.63, 3.8) is 0 Å². The highest BCUT2D eigenvalue weighted by Crippen LogP contribution is 2.33. The molecule has 0 aliphatic heterocycles. The molecule has 0 saturated heterocycles. The standard InChI is InChI=1S/C9H9F2N3O4/c1-2-18-9(15)5-3-4(7(10)11)6(14(16)17)8(12)13-5/h3,7H,2H2,1H3,(H2,12,13). The first-order valence-electron chi connectivity index (χ1n) is 4.78. The lowest BCUT2D eigenvalue weighted by Crippen LogP contribution is -2.12. The zero-order valence-corrected chi connectivity index (χ0v) is 9.22. The molecule has 0 atom stereocenters. The van der Waals surface area contributed by atoms with Gasteiger partial charge >= 0.3 is 11.7 Å². The number of hydrogen-bond acceptors (Lipinski definition) is 6. The van der Waals surface area contributed by atoms with Gasteiger partial charge in [-0.05, 0) is 13.0 Å². The molecule has 0 bridgehead atoms. The van der Waals surface area contributed by atoms with Gasteiger partial charge in [0.05, 0.1) is 11.5 Å². The Kier molecular flexibility index (Phi) is 4.08. The molecule has 0 saturated carbocycles. The van der Waals surface area contributed by atoms with E-state index >= 15 is 0 Å². The van der Waals surface area contributed by atoms with Crippen LogP contribution in [0.15, 0.2) is 6.07 Å². The van der Waals surface area contributed by atoms with Crippen LogP contribution < -0.4 is 5.73 Å². The van der Waals surface area contributed by atoms with Gasteiger partial charge in [-0.25, -0.2) is 18.6 Å². The summed E-state index contributed by atoms with van der Waals surface area (Å²) in [4.78, 5) is 24.2. The molecule has 0 fully saturated rings. The van der Waals surface area contributed by atoms with E-state index in [0.717, 1.165) is 0 Å². The van der Waals surface area contributed by atoms with E-state index in [9.17, 15) is 23.7 Å². The summed E-state index contributed by atoms with van der Waals surface area (Å²) in [5.41, 5.74) is 2.75. The van der Waals surface area contributed by atoms with Gasteiger partial charge in [-0.15, -0.1) is 0 Å². The molecule has 1 aromatic heterocycles. The summed E-state index contributed by atoms with van der Waals surface area (Å²) in [5.74, 6) is -1.72. The fourth-order valence-corrected chi connectivity index (χ4v) is 1.25. The number of halogens is 2. The number of pyridine rings is 1. The topological polar surface area (TPSA) is 108 Å². The van der Waals surface area contributed by atoms with Crippen molar-refractivity contribution in [2.75, 3.05) is 12.3 Å². The first-order valence-corrected chi connectivity index (χ1v) is 4.78. The van der Waals surface area contributed by atoms with E-state index < -0.39 is 40.1 Å². The number of aromatic nitrogens is 1. The first kappa shape index (κ1) is 13.7. The number of nitrogens with zero attached hydrogens (tertiary/aromatic N) is 2. The van der Waals surface area contributed by atoms with Crippen molar-refractivity contribution in [3.05, 3.63) is 27.4 Å². The van der Waals surface area contributed by atoms with E-state index in [1.165, 1.54) is 6.92 Å². The van der Waals surface area contributed by atoms with Gasteiger partial charge in [0.15, 0.2) is 5.69 Å². The normalized spacial score (nSPS) is 10.4. The lowest BCUT2D eigenvalue weighted by molar-refractivity contribution is -0.385. The van der Waals surface area contributed by atoms with Crippen LogP contribution in [0.25, 0.3) is 0 Å². The van der Waals surface area contributed by atoms with Gasteiger partial charge in [-0.2, -0.15) is 0 Å². The zero-order chi connectivity index (χ0) is 13.9. The van der Waals surface area contributed by atoms with Crippen molar-refractivity contribution in [3.8, 4) is 0 Å². The van der Waals surface area contributed by atoms with E-state index in [1.807, 2.05) is 0 Å². The number of carbonyl (C=O) groups excluding carboxylic acids is 1. The van der Waals surface area contributed by atoms with Gasteiger partial charge in [0.25, 0.3) is 6.43 Å². The van der Waals surface area contributed by atoms with E-state index in [2.05, 4.69) is 9.72 Å². The number of hydrogen-bond donors (Lipinski definition) is 1. The van der Waals surface area contributed by atoms with Crippen LogP contribution in [0.3, 0.4) is 0 Å². The predicted molar refractivity (Wildman–Crippen MR) is 56.2 cm³/mol. The molecule has 0 spiro atoms. The van der Waals surface area contributed by atoms with E-state index in [1.54, 1.807) is 0 Å². The quantitative estimate of drug-likeness (QED) is 0.501. The Hall–Kier alpha value is -2.32. The van der Waals surface area contributed by atoms with Gasteiger partial charge in [0.2, 0.25) is 5.82 Å². The van der Waals surface area contributed by atoms with Crippen molar-refractivity contribution in [1.29, 1.82) is 0 Å². The molecule has 0 aromatic carbocycles. The molecular formula is C9H9F2N3O4. The van der Waals surface area contributed by atoms with Crippen LogP contribution in [0.1, 0.15) is 29.4 Å². The molecule has 0 aliphatic carbocycles. The highest BCUT2D eigenvalue weighted by molar-refractivity contribution is 5.88. The van der Waals surface area contributed by atoms with Crippen molar-refractivity contribution in [2.24, 2.45) is 0 Å². The maximum atomic E-state index is 12.7. The summed E-state index contributed by atoms with van der Waals surface area (Å²) in [6, 6.07) is 0.608. The lowest BCUT2D eigenvalue weighted by atomic mass is 10.2. The Morgan fingerprint density at radius 3 is 2.72 bits per heavy atom. The predicted octanol–water partition coefficient (Wildman–Crippen LogP) is 1.69. The molecule has 18 heavy (non-hydrogen) atoms. The fourth-order valence-electron chi connectivity index (χ4n) is 1.25. The minimum atomic E-state index is -3.15. The molecule has 2 N–H and O–H groups in total. The highest BCUT2D eigenvalue weighted by atomic mass is 19.3. The SMILES string of the molecule is CCOC(=O)c1cc(C(F)F)c([N+](=O)[O-])c(N)n1. The van der Waals surface area contributed by atoms with Crippen LogP contribution in [0.5, 0.6) is 0 Å². The number of nitro groups is 1. The first-order chi connectivity index (χ1) is 8.38. The second kappa shape index (κ2) is 5.34. The van der Waals surface area contributed by atoms with E-state index in [4.69, 9.17) is 5.73 Å². The van der Waals surface area contributed by atoms with Gasteiger partial charge in [0, 0.05) is 0 Å². The maximum Gasteiger partial charge on any atom is 0.357 e. The Balaban J connectivity index is 3.36. The van der Waals surface area contributed by atoms with Crippen molar-refractivity contribution < 1.29 is 23.2 Å². The summed E-state index contributed by atoms with van der Waals surface area (Å²) in [7, 11) is 0. The second-order valence-corrected chi connectivity index (χ2v) is 3.11. The number of esters is 1. The number of carbonyl (C=O) groups is 1. The number of nitrogens with two attached hydrogens (primary N) is 1. The summed E-state index contributed by atoms with van der Waals surface area (Å²) >= 11 is 0. The maximum absolute atomic E-state index is 12.7. The largest absolute Gasteiger partial charge is 0.461 e. The third kappa shape index (κ3) is 2.67. The number of ether oxygens (including phenoxy) is 1. The Morgan fingerprint density at radius 1 is 1.67 bits per heavy atom. The average Bonchev–Trinajstić information content (AvgIpc) is 2.27. The highest BCUT2D eigenvalue weighted by Gasteiger charge is 2.28. The Morgan fingerprint density at radius 2 is 2.28 bits per heavy atom. The van der Waals surface area contributed by atoms with Crippen molar-refractivity contribution in [2.45, 2.75) is 13.3 Å². The number of rotatable bonds is 4. The molecule has 1 heterocycles. The average molecular weight is 261 g/mol. The number of anilines is 1. The summed E-state index contributed by atoms with van der Waals surface area (Å²) in [6.07, 6.45) is -3.15. The second-order valence-electron chi connectivity index (χ2n) is 3.11. The lowest BCUT2D eigenvalue weighted by Gasteiger charge is -2.07. The van der Waals surface area contributed by atoms with Crippen LogP contribution in [-0.2, 0) is 4.74 Å². The summed E-state index contributed by atoms with van der Waals surface area (Å²) in [6.45, 7) is 1.53. The minimum Gasteiger partial charge on any atom is -0.461 e.